The third-order valence-corrected chi connectivity index (χ3v) is 7.25. The van der Waals surface area contributed by atoms with E-state index in [-0.39, 0.29) is 23.9 Å². The molecule has 8 heteroatoms. The zero-order chi connectivity index (χ0) is 26.8. The van der Waals surface area contributed by atoms with Gasteiger partial charge in [0, 0.05) is 23.5 Å². The van der Waals surface area contributed by atoms with Crippen LogP contribution in [0.2, 0.25) is 0 Å². The summed E-state index contributed by atoms with van der Waals surface area (Å²) >= 11 is 1.61. The normalized spacial score (nSPS) is 10.7. The van der Waals surface area contributed by atoms with Crippen molar-refractivity contribution in [2.24, 2.45) is 0 Å². The molecule has 1 aromatic heterocycles. The van der Waals surface area contributed by atoms with Crippen molar-refractivity contribution >= 4 is 23.2 Å². The van der Waals surface area contributed by atoms with Gasteiger partial charge in [-0.25, -0.2) is 4.39 Å². The lowest BCUT2D eigenvalue weighted by atomic mass is 10.1. The maximum atomic E-state index is 13.8. The average molecular weight is 527 g/mol. The fourth-order valence-electron chi connectivity index (χ4n) is 4.00. The smallest absolute Gasteiger partial charge is 0.254 e. The number of carbonyl (C=O) groups excluding carboxylic acids is 2. The first-order valence-electron chi connectivity index (χ1n) is 12.4. The van der Waals surface area contributed by atoms with E-state index in [0.29, 0.717) is 37.6 Å². The molecule has 198 valence electrons. The number of benzene rings is 2. The number of hydrogen-bond acceptors (Lipinski definition) is 5. The quantitative estimate of drug-likeness (QED) is 0.286. The van der Waals surface area contributed by atoms with E-state index in [9.17, 15) is 14.0 Å². The molecule has 0 aliphatic heterocycles. The van der Waals surface area contributed by atoms with Crippen molar-refractivity contribution in [1.29, 1.82) is 0 Å². The summed E-state index contributed by atoms with van der Waals surface area (Å²) in [6.45, 7) is 5.36. The molecule has 3 aromatic rings. The summed E-state index contributed by atoms with van der Waals surface area (Å²) in [6.07, 6.45) is 2.24. The Morgan fingerprint density at radius 1 is 0.973 bits per heavy atom. The zero-order valence-electron chi connectivity index (χ0n) is 22.0. The Bertz CT molecular complexity index is 1200. The molecular weight excluding hydrogens is 491 g/mol. The molecule has 2 amide bonds. The summed E-state index contributed by atoms with van der Waals surface area (Å²) in [5.74, 6) is 0.328. The Hall–Kier alpha value is -3.39. The number of rotatable bonds is 13. The number of methoxy groups -OCH3 is 2. The van der Waals surface area contributed by atoms with Gasteiger partial charge in [0.25, 0.3) is 5.91 Å². The second kappa shape index (κ2) is 13.8. The fourth-order valence-corrected chi connectivity index (χ4v) is 4.92. The molecule has 37 heavy (non-hydrogen) atoms. The lowest BCUT2D eigenvalue weighted by Crippen LogP contribution is -2.43. The molecule has 0 N–H and O–H groups in total. The number of aryl methyl sites for hydroxylation is 1. The van der Waals surface area contributed by atoms with E-state index in [1.165, 1.54) is 23.1 Å². The second-order valence-electron chi connectivity index (χ2n) is 8.87. The number of carbonyl (C=O) groups is 2. The van der Waals surface area contributed by atoms with E-state index >= 15 is 0 Å². The predicted molar refractivity (Wildman–Crippen MR) is 145 cm³/mol. The van der Waals surface area contributed by atoms with Gasteiger partial charge in [0.15, 0.2) is 11.5 Å². The van der Waals surface area contributed by atoms with Gasteiger partial charge in [0.05, 0.1) is 20.8 Å². The van der Waals surface area contributed by atoms with Crippen molar-refractivity contribution in [3.63, 3.8) is 0 Å². The molecule has 0 aliphatic rings. The first-order valence-corrected chi connectivity index (χ1v) is 13.3. The highest BCUT2D eigenvalue weighted by atomic mass is 32.1. The maximum absolute atomic E-state index is 13.8. The van der Waals surface area contributed by atoms with Gasteiger partial charge in [-0.15, -0.1) is 11.3 Å². The van der Waals surface area contributed by atoms with Crippen molar-refractivity contribution < 1.29 is 23.5 Å². The summed E-state index contributed by atoms with van der Waals surface area (Å²) in [6, 6.07) is 13.4. The van der Waals surface area contributed by atoms with Gasteiger partial charge in [0.1, 0.15) is 12.4 Å². The van der Waals surface area contributed by atoms with Crippen molar-refractivity contribution in [3.8, 4) is 11.5 Å². The Balaban J connectivity index is 1.80. The van der Waals surface area contributed by atoms with Crippen LogP contribution in [0.1, 0.15) is 46.1 Å². The molecule has 0 spiro atoms. The molecule has 0 saturated carbocycles. The molecule has 0 atom stereocenters. The van der Waals surface area contributed by atoms with Gasteiger partial charge in [-0.3, -0.25) is 9.59 Å². The molecule has 0 saturated heterocycles. The molecule has 3 rings (SSSR count). The molecule has 0 fully saturated rings. The summed E-state index contributed by atoms with van der Waals surface area (Å²) in [7, 11) is 3.19. The first-order chi connectivity index (χ1) is 17.9. The lowest BCUT2D eigenvalue weighted by Gasteiger charge is -2.28. The molecule has 0 radical (unpaired) electrons. The highest BCUT2D eigenvalue weighted by Crippen LogP contribution is 2.28. The molecule has 6 nitrogen and oxygen atoms in total. The van der Waals surface area contributed by atoms with Gasteiger partial charge in [-0.2, -0.15) is 0 Å². The lowest BCUT2D eigenvalue weighted by molar-refractivity contribution is -0.132. The summed E-state index contributed by atoms with van der Waals surface area (Å²) in [5, 5.41) is 2.02. The third-order valence-electron chi connectivity index (χ3n) is 6.24. The van der Waals surface area contributed by atoms with Crippen LogP contribution in [0, 0.1) is 12.7 Å². The Morgan fingerprint density at radius 2 is 1.76 bits per heavy atom. The van der Waals surface area contributed by atoms with Crippen LogP contribution in [-0.4, -0.2) is 55.5 Å². The van der Waals surface area contributed by atoms with Gasteiger partial charge in [0.2, 0.25) is 5.91 Å². The maximum Gasteiger partial charge on any atom is 0.254 e. The van der Waals surface area contributed by atoms with Crippen LogP contribution < -0.4 is 9.47 Å². The van der Waals surface area contributed by atoms with E-state index in [4.69, 9.17) is 9.47 Å². The molecule has 0 bridgehead atoms. The minimum atomic E-state index is -0.475. The summed E-state index contributed by atoms with van der Waals surface area (Å²) in [4.78, 5) is 31.3. The van der Waals surface area contributed by atoms with E-state index < -0.39 is 5.82 Å². The van der Waals surface area contributed by atoms with Crippen LogP contribution in [0.5, 0.6) is 11.5 Å². The van der Waals surface area contributed by atoms with Crippen LogP contribution >= 0.6 is 11.3 Å². The van der Waals surface area contributed by atoms with Crippen LogP contribution in [0.3, 0.4) is 0 Å². The molecule has 0 unspecified atom stereocenters. The fraction of sp³-hybridized carbons (Fsp3) is 0.379. The van der Waals surface area contributed by atoms with Crippen LogP contribution in [0.25, 0.3) is 0 Å². The first kappa shape index (κ1) is 28.2. The number of unbranched alkanes of at least 4 members (excludes halogenated alkanes) is 1. The third kappa shape index (κ3) is 7.79. The number of hydrogen-bond donors (Lipinski definition) is 0. The highest BCUT2D eigenvalue weighted by Gasteiger charge is 2.23. The second-order valence-corrected chi connectivity index (χ2v) is 9.87. The number of nitrogens with zero attached hydrogens (tertiary/aromatic N) is 2. The van der Waals surface area contributed by atoms with E-state index in [1.54, 1.807) is 36.5 Å². The van der Waals surface area contributed by atoms with Crippen molar-refractivity contribution in [2.75, 3.05) is 33.9 Å². The van der Waals surface area contributed by atoms with Gasteiger partial charge in [-0.05, 0) is 72.7 Å². The van der Waals surface area contributed by atoms with Crippen LogP contribution in [-0.2, 0) is 17.8 Å². The molecule has 1 heterocycles. The summed E-state index contributed by atoms with van der Waals surface area (Å²) < 4.78 is 24.5. The zero-order valence-corrected chi connectivity index (χ0v) is 22.8. The van der Waals surface area contributed by atoms with Crippen molar-refractivity contribution in [3.05, 3.63) is 81.3 Å². The average Bonchev–Trinajstić information content (AvgIpc) is 3.32. The van der Waals surface area contributed by atoms with Crippen LogP contribution in [0.4, 0.5) is 4.39 Å². The van der Waals surface area contributed by atoms with Crippen LogP contribution in [0.15, 0.2) is 53.9 Å². The highest BCUT2D eigenvalue weighted by molar-refractivity contribution is 7.10. The minimum Gasteiger partial charge on any atom is -0.493 e. The largest absolute Gasteiger partial charge is 0.493 e. The molecule has 2 aromatic carbocycles. The van der Waals surface area contributed by atoms with E-state index in [1.807, 2.05) is 43.5 Å². The molecular formula is C29H35FN2O4S. The number of amides is 2. The van der Waals surface area contributed by atoms with Gasteiger partial charge >= 0.3 is 0 Å². The van der Waals surface area contributed by atoms with E-state index in [2.05, 4.69) is 0 Å². The Morgan fingerprint density at radius 3 is 2.41 bits per heavy atom. The topological polar surface area (TPSA) is 59.1 Å². The minimum absolute atomic E-state index is 0.0638. The van der Waals surface area contributed by atoms with E-state index in [0.717, 1.165) is 28.8 Å². The van der Waals surface area contributed by atoms with Gasteiger partial charge < -0.3 is 19.3 Å². The summed E-state index contributed by atoms with van der Waals surface area (Å²) in [5.41, 5.74) is 2.39. The van der Waals surface area contributed by atoms with Crippen molar-refractivity contribution in [1.82, 2.24) is 9.80 Å². The monoisotopic (exact) mass is 526 g/mol. The Kier molecular flexibility index (Phi) is 10.5. The molecule has 0 aliphatic carbocycles. The Labute approximate surface area is 222 Å². The predicted octanol–water partition coefficient (Wildman–Crippen LogP) is 5.73. The number of halogens is 1. The number of ether oxygens (including phenoxy) is 2. The van der Waals surface area contributed by atoms with Gasteiger partial charge in [-0.1, -0.05) is 25.5 Å². The SMILES string of the molecule is CCCCN(CC(=O)N(CCc1ccc(OC)c(OC)c1)Cc1sccc1C)C(=O)c1cccc(F)c1. The number of thiophene rings is 1. The van der Waals surface area contributed by atoms with Crippen molar-refractivity contribution in [2.45, 2.75) is 39.7 Å². The standard InChI is InChI=1S/C29H35FN2O4S/c1-5-6-14-32(29(34)23-8-7-9-24(30)18-23)20-28(33)31(19-27-21(2)13-16-37-27)15-12-22-10-11-25(35-3)26(17-22)36-4/h7-11,13,16-18H,5-6,12,14-15,19-20H2,1-4H3.